The van der Waals surface area contributed by atoms with Crippen LogP contribution in [0.4, 0.5) is 4.39 Å². The van der Waals surface area contributed by atoms with E-state index in [1.807, 2.05) is 6.92 Å². The van der Waals surface area contributed by atoms with E-state index < -0.39 is 29.4 Å². The number of aliphatic hydroxyl groups excluding tert-OH is 2. The van der Waals surface area contributed by atoms with E-state index in [9.17, 15) is 19.7 Å². The second-order valence-electron chi connectivity index (χ2n) is 9.81. The molecule has 5 unspecified atom stereocenters. The molecule has 0 aromatic rings. The summed E-state index contributed by atoms with van der Waals surface area (Å²) < 4.78 is 14.8. The maximum atomic E-state index is 14.8. The molecular formula is C21H30ClFO3. The van der Waals surface area contributed by atoms with E-state index in [1.165, 1.54) is 0 Å². The van der Waals surface area contributed by atoms with Gasteiger partial charge in [0.15, 0.2) is 5.60 Å². The van der Waals surface area contributed by atoms with E-state index in [-0.39, 0.29) is 17.3 Å². The molecule has 0 heterocycles. The lowest BCUT2D eigenvalue weighted by Gasteiger charge is -2.61. The predicted molar refractivity (Wildman–Crippen MR) is 98.0 cm³/mol. The molecule has 3 N–H and O–H groups in total. The van der Waals surface area contributed by atoms with Crippen molar-refractivity contribution in [1.82, 2.24) is 0 Å². The zero-order chi connectivity index (χ0) is 18.9. The van der Waals surface area contributed by atoms with E-state index in [1.54, 1.807) is 0 Å². The number of alkyl halides is 1. The Morgan fingerprint density at radius 2 is 1.73 bits per heavy atom. The highest BCUT2D eigenvalue weighted by atomic mass is 35.5. The summed E-state index contributed by atoms with van der Waals surface area (Å²) >= 11 is 5.61. The first-order chi connectivity index (χ1) is 12.2. The van der Waals surface area contributed by atoms with Crippen LogP contribution in [0.2, 0.25) is 0 Å². The van der Waals surface area contributed by atoms with Crippen molar-refractivity contribution in [1.29, 1.82) is 0 Å². The van der Waals surface area contributed by atoms with Crippen LogP contribution in [0.15, 0.2) is 0 Å². The van der Waals surface area contributed by atoms with Gasteiger partial charge in [-0.2, -0.15) is 0 Å². The van der Waals surface area contributed by atoms with E-state index in [4.69, 9.17) is 11.6 Å². The molecule has 10 atom stereocenters. The molecule has 0 spiro atoms. The fraction of sp³-hybridized carbons (Fsp3) is 0.905. The second kappa shape index (κ2) is 6.08. The molecular weight excluding hydrogens is 355 g/mol. The standard InChI is InChI=1S/C21H30ClFO3/c1-19-7-6-16(24)18(23)14(19)4-3-12-13(19)5-8-20(2)15(12)11-17(25)21(20,26)9-10-22/h12-18,24-26H,3-8,11H2,1-2H3/t12-,13-,14?,15+,16?,17?,18?,19-,20+,21?/m1/s1. The van der Waals surface area contributed by atoms with Crippen molar-refractivity contribution >= 4 is 11.6 Å². The third-order valence-electron chi connectivity index (χ3n) is 9.13. The molecule has 4 rings (SSSR count). The number of halogens is 2. The average Bonchev–Trinajstić information content (AvgIpc) is 2.79. The van der Waals surface area contributed by atoms with E-state index in [0.29, 0.717) is 24.7 Å². The zero-order valence-corrected chi connectivity index (χ0v) is 16.3. The van der Waals surface area contributed by atoms with Gasteiger partial charge in [0, 0.05) is 10.8 Å². The van der Waals surface area contributed by atoms with Crippen molar-refractivity contribution in [3.63, 3.8) is 0 Å². The Bertz CT molecular complexity index is 647. The molecule has 0 amide bonds. The Hall–Kier alpha value is -0.340. The van der Waals surface area contributed by atoms with Gasteiger partial charge < -0.3 is 15.3 Å². The molecule has 0 aromatic carbocycles. The van der Waals surface area contributed by atoms with Gasteiger partial charge in [0.05, 0.1) is 12.2 Å². The first-order valence-electron chi connectivity index (χ1n) is 10.0. The number of rotatable bonds is 0. The van der Waals surface area contributed by atoms with E-state index in [2.05, 4.69) is 18.2 Å². The van der Waals surface area contributed by atoms with E-state index in [0.717, 1.165) is 32.1 Å². The van der Waals surface area contributed by atoms with Crippen LogP contribution in [0, 0.1) is 45.8 Å². The van der Waals surface area contributed by atoms with Gasteiger partial charge in [-0.1, -0.05) is 13.8 Å². The summed E-state index contributed by atoms with van der Waals surface area (Å²) in [6, 6.07) is 0. The van der Waals surface area contributed by atoms with Crippen molar-refractivity contribution in [2.45, 2.75) is 82.8 Å². The van der Waals surface area contributed by atoms with Gasteiger partial charge in [-0.25, -0.2) is 4.39 Å². The predicted octanol–water partition coefficient (Wildman–Crippen LogP) is 3.24. The molecule has 0 saturated heterocycles. The minimum absolute atomic E-state index is 0.0790. The van der Waals surface area contributed by atoms with Gasteiger partial charge in [0.2, 0.25) is 0 Å². The third kappa shape index (κ3) is 2.24. The lowest BCUT2D eigenvalue weighted by molar-refractivity contribution is -0.169. The van der Waals surface area contributed by atoms with Gasteiger partial charge in [-0.05, 0) is 91.6 Å². The summed E-state index contributed by atoms with van der Waals surface area (Å²) in [6.07, 6.45) is 2.42. The van der Waals surface area contributed by atoms with Crippen molar-refractivity contribution in [3.8, 4) is 11.3 Å². The molecule has 4 aliphatic rings. The second-order valence-corrected chi connectivity index (χ2v) is 10.00. The highest BCUT2D eigenvalue weighted by molar-refractivity contribution is 6.30. The smallest absolute Gasteiger partial charge is 0.157 e. The topological polar surface area (TPSA) is 60.7 Å². The number of aliphatic hydroxyl groups is 3. The van der Waals surface area contributed by atoms with Crippen molar-refractivity contribution in [3.05, 3.63) is 0 Å². The van der Waals surface area contributed by atoms with Crippen LogP contribution < -0.4 is 0 Å². The van der Waals surface area contributed by atoms with Gasteiger partial charge in [-0.3, -0.25) is 0 Å². The summed E-state index contributed by atoms with van der Waals surface area (Å²) in [4.78, 5) is 0. The Balaban J connectivity index is 1.68. The molecule has 3 nitrogen and oxygen atoms in total. The fourth-order valence-corrected chi connectivity index (χ4v) is 7.73. The van der Waals surface area contributed by atoms with Crippen molar-refractivity contribution < 1.29 is 19.7 Å². The molecule has 0 radical (unpaired) electrons. The van der Waals surface area contributed by atoms with Crippen LogP contribution in [0.5, 0.6) is 0 Å². The maximum absolute atomic E-state index is 14.8. The van der Waals surface area contributed by atoms with Crippen LogP contribution in [0.1, 0.15) is 58.8 Å². The summed E-state index contributed by atoms with van der Waals surface area (Å²) in [7, 11) is 0. The molecule has 4 aliphatic carbocycles. The van der Waals surface area contributed by atoms with Gasteiger partial charge in [0.1, 0.15) is 6.17 Å². The molecule has 0 bridgehead atoms. The van der Waals surface area contributed by atoms with Crippen LogP contribution >= 0.6 is 11.6 Å². The fourth-order valence-electron chi connectivity index (χ4n) is 7.58. The van der Waals surface area contributed by atoms with Gasteiger partial charge in [0.25, 0.3) is 0 Å². The third-order valence-corrected chi connectivity index (χ3v) is 9.23. The monoisotopic (exact) mass is 384 g/mol. The Morgan fingerprint density at radius 1 is 1.00 bits per heavy atom. The molecule has 0 aromatic heterocycles. The number of hydrogen-bond donors (Lipinski definition) is 3. The van der Waals surface area contributed by atoms with Crippen LogP contribution in [0.25, 0.3) is 0 Å². The Kier molecular flexibility index (Phi) is 4.44. The summed E-state index contributed by atoms with van der Waals surface area (Å²) in [6.45, 7) is 4.26. The molecule has 26 heavy (non-hydrogen) atoms. The first-order valence-corrected chi connectivity index (χ1v) is 10.4. The average molecular weight is 385 g/mol. The van der Waals surface area contributed by atoms with Crippen molar-refractivity contribution in [2.24, 2.45) is 34.5 Å². The summed E-state index contributed by atoms with van der Waals surface area (Å²) in [5, 5.41) is 34.1. The van der Waals surface area contributed by atoms with Crippen molar-refractivity contribution in [2.75, 3.05) is 0 Å². The lowest BCUT2D eigenvalue weighted by Crippen LogP contribution is -2.59. The van der Waals surface area contributed by atoms with Crippen LogP contribution in [-0.4, -0.2) is 39.3 Å². The SMILES string of the molecule is C[C@]12CCC(O)C(F)C1CC[C@@H]1[C@H]2CC[C@@]2(C)[C@H]1CC(O)C2(O)C#CCl. The summed E-state index contributed by atoms with van der Waals surface area (Å²) in [5.41, 5.74) is -2.05. The molecule has 0 aliphatic heterocycles. The highest BCUT2D eigenvalue weighted by Gasteiger charge is 2.68. The largest absolute Gasteiger partial charge is 0.390 e. The van der Waals surface area contributed by atoms with Crippen LogP contribution in [-0.2, 0) is 0 Å². The van der Waals surface area contributed by atoms with Crippen LogP contribution in [0.3, 0.4) is 0 Å². The Labute approximate surface area is 160 Å². The minimum Gasteiger partial charge on any atom is -0.390 e. The molecule has 146 valence electrons. The quantitative estimate of drug-likeness (QED) is 0.562. The zero-order valence-electron chi connectivity index (χ0n) is 15.6. The van der Waals surface area contributed by atoms with E-state index >= 15 is 0 Å². The number of fused-ring (bicyclic) bond motifs is 5. The minimum atomic E-state index is -1.46. The summed E-state index contributed by atoms with van der Waals surface area (Å²) in [5.74, 6) is 3.54. The molecule has 4 fully saturated rings. The normalized spacial score (nSPS) is 58.8. The number of hydrogen-bond acceptors (Lipinski definition) is 3. The molecule has 5 heteroatoms. The molecule has 4 saturated carbocycles. The maximum Gasteiger partial charge on any atom is 0.157 e. The first kappa shape index (κ1) is 19.0. The van der Waals surface area contributed by atoms with Gasteiger partial charge in [-0.15, -0.1) is 0 Å². The lowest BCUT2D eigenvalue weighted by atomic mass is 9.44. The Morgan fingerprint density at radius 3 is 2.42 bits per heavy atom. The highest BCUT2D eigenvalue weighted by Crippen LogP contribution is 2.68. The van der Waals surface area contributed by atoms with Gasteiger partial charge >= 0.3 is 0 Å².